The second kappa shape index (κ2) is 4.76. The van der Waals surface area contributed by atoms with Crippen LogP contribution in [0, 0.1) is 11.2 Å². The number of hydrogen-bond acceptors (Lipinski definition) is 3. The first-order chi connectivity index (χ1) is 8.71. The number of carbonyl (C=O) groups excluding carboxylic acids is 1. The van der Waals surface area contributed by atoms with E-state index in [2.05, 4.69) is 5.32 Å². The van der Waals surface area contributed by atoms with Crippen molar-refractivity contribution in [2.75, 3.05) is 6.54 Å². The van der Waals surface area contributed by atoms with Gasteiger partial charge in [-0.1, -0.05) is 6.92 Å². The topological polar surface area (TPSA) is 63.2 Å². The van der Waals surface area contributed by atoms with Gasteiger partial charge in [0.2, 0.25) is 0 Å². The first kappa shape index (κ1) is 14.3. The molecule has 0 aromatic heterocycles. The summed E-state index contributed by atoms with van der Waals surface area (Å²) in [5.74, 6) is -1.41. The maximum Gasteiger partial charge on any atom is 0.261 e. The van der Waals surface area contributed by atoms with Crippen LogP contribution in [0.2, 0.25) is 0 Å². The Morgan fingerprint density at radius 2 is 2.11 bits per heavy atom. The average Bonchev–Trinajstić information content (AvgIpc) is 3.04. The van der Waals surface area contributed by atoms with E-state index in [1.54, 1.807) is 0 Å². The molecule has 0 saturated heterocycles. The lowest BCUT2D eigenvalue weighted by atomic mass is 10.1. The van der Waals surface area contributed by atoms with Gasteiger partial charge in [0.05, 0.1) is 10.5 Å². The molecule has 0 atom stereocenters. The van der Waals surface area contributed by atoms with E-state index in [1.807, 2.05) is 6.92 Å². The van der Waals surface area contributed by atoms with Crippen molar-refractivity contribution in [1.82, 2.24) is 5.32 Å². The Hall–Kier alpha value is -1.14. The van der Waals surface area contributed by atoms with Gasteiger partial charge in [-0.25, -0.2) is 12.8 Å². The highest BCUT2D eigenvalue weighted by molar-refractivity contribution is 8.13. The number of amides is 1. The Morgan fingerprint density at radius 1 is 1.47 bits per heavy atom. The smallest absolute Gasteiger partial charge is 0.261 e. The van der Waals surface area contributed by atoms with Crippen molar-refractivity contribution in [3.63, 3.8) is 0 Å². The zero-order valence-electron chi connectivity index (χ0n) is 10.2. The Balaban J connectivity index is 2.20. The first-order valence-electron chi connectivity index (χ1n) is 5.74. The first-order valence-corrected chi connectivity index (χ1v) is 8.05. The van der Waals surface area contributed by atoms with Gasteiger partial charge in [0, 0.05) is 17.2 Å². The van der Waals surface area contributed by atoms with Crippen LogP contribution in [0.1, 0.15) is 30.1 Å². The third kappa shape index (κ3) is 3.45. The van der Waals surface area contributed by atoms with Crippen LogP contribution in [0.25, 0.3) is 0 Å². The highest BCUT2D eigenvalue weighted by Gasteiger charge is 2.37. The minimum Gasteiger partial charge on any atom is -0.351 e. The van der Waals surface area contributed by atoms with Gasteiger partial charge in [-0.3, -0.25) is 4.79 Å². The minimum absolute atomic E-state index is 0.0856. The fraction of sp³-hybridized carbons (Fsp3) is 0.417. The Labute approximate surface area is 115 Å². The summed E-state index contributed by atoms with van der Waals surface area (Å²) in [6.07, 6.45) is 2.04. The molecule has 1 saturated carbocycles. The molecule has 4 nitrogen and oxygen atoms in total. The summed E-state index contributed by atoms with van der Waals surface area (Å²) in [6, 6.07) is 2.89. The van der Waals surface area contributed by atoms with Gasteiger partial charge in [-0.05, 0) is 36.5 Å². The van der Waals surface area contributed by atoms with E-state index in [4.69, 9.17) is 10.7 Å². The van der Waals surface area contributed by atoms with E-state index in [0.29, 0.717) is 6.54 Å². The molecule has 1 amide bonds. The van der Waals surface area contributed by atoms with Crippen molar-refractivity contribution in [2.24, 2.45) is 5.41 Å². The lowest BCUT2D eigenvalue weighted by molar-refractivity contribution is 0.0942. The molecule has 1 aromatic carbocycles. The molecule has 19 heavy (non-hydrogen) atoms. The Bertz CT molecular complexity index is 626. The highest BCUT2D eigenvalue weighted by Crippen LogP contribution is 2.44. The Kier molecular flexibility index (Phi) is 3.57. The zero-order valence-corrected chi connectivity index (χ0v) is 11.8. The molecule has 0 radical (unpaired) electrons. The normalized spacial score (nSPS) is 17.0. The molecule has 1 N–H and O–H groups in total. The molecule has 2 rings (SSSR count). The SMILES string of the molecule is CC1(CNC(=O)c2cc(S(=O)(=O)Cl)ccc2F)CC1. The van der Waals surface area contributed by atoms with Crippen molar-refractivity contribution < 1.29 is 17.6 Å². The van der Waals surface area contributed by atoms with Crippen molar-refractivity contribution in [3.05, 3.63) is 29.6 Å². The van der Waals surface area contributed by atoms with Crippen LogP contribution in [-0.2, 0) is 9.05 Å². The van der Waals surface area contributed by atoms with E-state index in [-0.39, 0.29) is 15.9 Å². The largest absolute Gasteiger partial charge is 0.351 e. The molecule has 104 valence electrons. The summed E-state index contributed by atoms with van der Waals surface area (Å²) in [6.45, 7) is 2.46. The van der Waals surface area contributed by atoms with Gasteiger partial charge in [0.1, 0.15) is 5.82 Å². The third-order valence-corrected chi connectivity index (χ3v) is 4.59. The molecule has 0 heterocycles. The molecule has 0 aliphatic heterocycles. The number of hydrogen-bond donors (Lipinski definition) is 1. The molecular formula is C12H13ClFNO3S. The number of halogens is 2. The van der Waals surface area contributed by atoms with Crippen molar-refractivity contribution in [1.29, 1.82) is 0 Å². The van der Waals surface area contributed by atoms with Gasteiger partial charge < -0.3 is 5.32 Å². The van der Waals surface area contributed by atoms with Crippen LogP contribution in [0.15, 0.2) is 23.1 Å². The molecule has 0 bridgehead atoms. The van der Waals surface area contributed by atoms with Crippen LogP contribution in [0.4, 0.5) is 4.39 Å². The van der Waals surface area contributed by atoms with E-state index < -0.39 is 20.8 Å². The zero-order chi connectivity index (χ0) is 14.3. The van der Waals surface area contributed by atoms with Crippen LogP contribution in [0.5, 0.6) is 0 Å². The Morgan fingerprint density at radius 3 is 2.63 bits per heavy atom. The maximum atomic E-state index is 13.5. The number of carbonyl (C=O) groups is 1. The molecule has 1 aliphatic carbocycles. The van der Waals surface area contributed by atoms with Crippen LogP contribution < -0.4 is 5.32 Å². The summed E-state index contributed by atoms with van der Waals surface area (Å²) in [4.78, 5) is 11.5. The summed E-state index contributed by atoms with van der Waals surface area (Å²) >= 11 is 0. The maximum absolute atomic E-state index is 13.5. The predicted octanol–water partition coefficient (Wildman–Crippen LogP) is 2.28. The van der Waals surface area contributed by atoms with Gasteiger partial charge >= 0.3 is 0 Å². The van der Waals surface area contributed by atoms with E-state index in [1.165, 1.54) is 0 Å². The van der Waals surface area contributed by atoms with Gasteiger partial charge in [-0.2, -0.15) is 0 Å². The fourth-order valence-electron chi connectivity index (χ4n) is 1.61. The second-order valence-electron chi connectivity index (χ2n) is 5.07. The second-order valence-corrected chi connectivity index (χ2v) is 7.64. The highest BCUT2D eigenvalue weighted by atomic mass is 35.7. The third-order valence-electron chi connectivity index (χ3n) is 3.24. The van der Waals surface area contributed by atoms with Crippen molar-refractivity contribution >= 4 is 25.6 Å². The quantitative estimate of drug-likeness (QED) is 0.868. The summed E-state index contributed by atoms with van der Waals surface area (Å²) in [5, 5.41) is 2.60. The fourth-order valence-corrected chi connectivity index (χ4v) is 2.39. The summed E-state index contributed by atoms with van der Waals surface area (Å²) < 4.78 is 35.9. The molecule has 7 heteroatoms. The standard InChI is InChI=1S/C12H13ClFNO3S/c1-12(4-5-12)7-15-11(16)9-6-8(19(13,17)18)2-3-10(9)14/h2-3,6H,4-5,7H2,1H3,(H,15,16). The van der Waals surface area contributed by atoms with Crippen LogP contribution in [0.3, 0.4) is 0 Å². The van der Waals surface area contributed by atoms with Crippen LogP contribution in [-0.4, -0.2) is 20.9 Å². The average molecular weight is 306 g/mol. The molecule has 0 spiro atoms. The number of rotatable bonds is 4. The molecule has 1 aliphatic rings. The molecule has 1 aromatic rings. The summed E-state index contributed by atoms with van der Waals surface area (Å²) in [5.41, 5.74) is -0.228. The molecule has 1 fully saturated rings. The van der Waals surface area contributed by atoms with Crippen molar-refractivity contribution in [3.8, 4) is 0 Å². The molecule has 0 unspecified atom stereocenters. The lowest BCUT2D eigenvalue weighted by Crippen LogP contribution is -2.29. The monoisotopic (exact) mass is 305 g/mol. The van der Waals surface area contributed by atoms with Crippen LogP contribution >= 0.6 is 10.7 Å². The molecular weight excluding hydrogens is 293 g/mol. The predicted molar refractivity (Wildman–Crippen MR) is 69.1 cm³/mol. The summed E-state index contributed by atoms with van der Waals surface area (Å²) in [7, 11) is 1.18. The minimum atomic E-state index is -3.98. The van der Waals surface area contributed by atoms with E-state index in [9.17, 15) is 17.6 Å². The van der Waals surface area contributed by atoms with Crippen molar-refractivity contribution in [2.45, 2.75) is 24.7 Å². The van der Waals surface area contributed by atoms with Gasteiger partial charge in [0.15, 0.2) is 0 Å². The van der Waals surface area contributed by atoms with E-state index >= 15 is 0 Å². The number of benzene rings is 1. The lowest BCUT2D eigenvalue weighted by Gasteiger charge is -2.11. The number of nitrogens with one attached hydrogen (secondary N) is 1. The van der Waals surface area contributed by atoms with Gasteiger partial charge in [0.25, 0.3) is 15.0 Å². The van der Waals surface area contributed by atoms with E-state index in [0.717, 1.165) is 31.0 Å². The van der Waals surface area contributed by atoms with Gasteiger partial charge in [-0.15, -0.1) is 0 Å².